The van der Waals surface area contributed by atoms with Gasteiger partial charge in [0.2, 0.25) is 10.0 Å². The van der Waals surface area contributed by atoms with Gasteiger partial charge in [0.25, 0.3) is 11.1 Å². The zero-order valence-electron chi connectivity index (χ0n) is 24.3. The quantitative estimate of drug-likeness (QED) is 0.235. The minimum atomic E-state index is -3.63. The Hall–Kier alpha value is -3.76. The topological polar surface area (TPSA) is 101 Å². The van der Waals surface area contributed by atoms with Gasteiger partial charge in [0.1, 0.15) is 10.8 Å². The first-order valence-electron chi connectivity index (χ1n) is 14.0. The van der Waals surface area contributed by atoms with Crippen LogP contribution in [0.5, 0.6) is 10.9 Å². The number of nitrogens with one attached hydrogen (secondary N) is 1. The number of carbonyl (C=O) groups is 1. The lowest BCUT2D eigenvalue weighted by molar-refractivity contribution is 0.0713. The zero-order chi connectivity index (χ0) is 29.9. The van der Waals surface area contributed by atoms with Crippen molar-refractivity contribution in [3.63, 3.8) is 0 Å². The molecule has 1 saturated heterocycles. The standard InChI is InChI=1S/C32H36N4O4S2/c1-22-10-11-26(20-28(22)35-42(38,39)21-23-8-6-5-7-9-23)29(37)36-18-16-25(17-19-36)24-12-14-27(15-13-24)40-31-34-33-30(41-31)32(2,3)4/h5-15,20,25,35H,16-19,21H2,1-4H3. The third-order valence-corrected chi connectivity index (χ3v) is 9.81. The SMILES string of the molecule is Cc1ccc(C(=O)N2CCC(c3ccc(Oc4nnc(C(C)(C)C)s4)cc3)CC2)cc1NS(=O)(=O)Cc1ccccc1. The predicted molar refractivity (Wildman–Crippen MR) is 167 cm³/mol. The number of aryl methyl sites for hydroxylation is 1. The van der Waals surface area contributed by atoms with Crippen molar-refractivity contribution in [1.82, 2.24) is 15.1 Å². The molecule has 1 N–H and O–H groups in total. The average molecular weight is 605 g/mol. The highest BCUT2D eigenvalue weighted by Gasteiger charge is 2.26. The molecular formula is C32H36N4O4S2. The highest BCUT2D eigenvalue weighted by Crippen LogP contribution is 2.34. The van der Waals surface area contributed by atoms with Gasteiger partial charge >= 0.3 is 0 Å². The van der Waals surface area contributed by atoms with Crippen LogP contribution in [0.1, 0.15) is 71.6 Å². The highest BCUT2D eigenvalue weighted by molar-refractivity contribution is 7.91. The molecule has 0 radical (unpaired) electrons. The number of ether oxygens (including phenoxy) is 1. The van der Waals surface area contributed by atoms with Gasteiger partial charge in [-0.25, -0.2) is 8.42 Å². The van der Waals surface area contributed by atoms with Crippen molar-refractivity contribution >= 4 is 33.0 Å². The van der Waals surface area contributed by atoms with Gasteiger partial charge in [-0.05, 0) is 66.6 Å². The normalized spacial score (nSPS) is 14.5. The van der Waals surface area contributed by atoms with Gasteiger partial charge < -0.3 is 9.64 Å². The van der Waals surface area contributed by atoms with Gasteiger partial charge in [-0.1, -0.05) is 85.7 Å². The van der Waals surface area contributed by atoms with Crippen molar-refractivity contribution in [3.8, 4) is 10.9 Å². The van der Waals surface area contributed by atoms with E-state index in [1.165, 1.54) is 16.9 Å². The summed E-state index contributed by atoms with van der Waals surface area (Å²) in [6, 6.07) is 22.3. The summed E-state index contributed by atoms with van der Waals surface area (Å²) in [7, 11) is -3.63. The fraction of sp³-hybridized carbons (Fsp3) is 0.344. The van der Waals surface area contributed by atoms with Crippen molar-refractivity contribution in [2.24, 2.45) is 0 Å². The van der Waals surface area contributed by atoms with E-state index in [1.54, 1.807) is 30.3 Å². The molecule has 0 aliphatic carbocycles. The second-order valence-electron chi connectivity index (χ2n) is 11.7. The van der Waals surface area contributed by atoms with Crippen molar-refractivity contribution in [1.29, 1.82) is 0 Å². The zero-order valence-corrected chi connectivity index (χ0v) is 26.0. The molecule has 1 aliphatic rings. The van der Waals surface area contributed by atoms with Crippen LogP contribution < -0.4 is 9.46 Å². The van der Waals surface area contributed by atoms with Crippen LogP contribution in [0.3, 0.4) is 0 Å². The van der Waals surface area contributed by atoms with Gasteiger partial charge in [0.15, 0.2) is 0 Å². The molecule has 8 nitrogen and oxygen atoms in total. The maximum atomic E-state index is 13.4. The number of likely N-dealkylation sites (tertiary alicyclic amines) is 1. The Labute approximate surface area is 251 Å². The Morgan fingerprint density at radius 1 is 1.00 bits per heavy atom. The first-order valence-corrected chi connectivity index (χ1v) is 16.5. The van der Waals surface area contributed by atoms with E-state index in [4.69, 9.17) is 4.74 Å². The van der Waals surface area contributed by atoms with E-state index in [2.05, 4.69) is 47.8 Å². The average Bonchev–Trinajstić information content (AvgIpc) is 3.44. The lowest BCUT2D eigenvalue weighted by Crippen LogP contribution is -2.38. The minimum absolute atomic E-state index is 0.0683. The van der Waals surface area contributed by atoms with Crippen molar-refractivity contribution in [2.45, 2.75) is 57.6 Å². The molecule has 1 fully saturated rings. The highest BCUT2D eigenvalue weighted by atomic mass is 32.2. The molecular weight excluding hydrogens is 569 g/mol. The summed E-state index contributed by atoms with van der Waals surface area (Å²) in [6.45, 7) is 9.38. The summed E-state index contributed by atoms with van der Waals surface area (Å²) in [6.07, 6.45) is 1.69. The fourth-order valence-electron chi connectivity index (χ4n) is 4.92. The molecule has 3 aromatic carbocycles. The van der Waals surface area contributed by atoms with Crippen molar-refractivity contribution in [2.75, 3.05) is 17.8 Å². The summed E-state index contributed by atoms with van der Waals surface area (Å²) in [4.78, 5) is 15.2. The number of rotatable bonds is 8. The molecule has 1 aromatic heterocycles. The molecule has 4 aromatic rings. The number of hydrogen-bond donors (Lipinski definition) is 1. The number of benzene rings is 3. The van der Waals surface area contributed by atoms with E-state index >= 15 is 0 Å². The number of piperidine rings is 1. The molecule has 10 heteroatoms. The molecule has 5 rings (SSSR count). The van der Waals surface area contributed by atoms with E-state index in [0.717, 1.165) is 29.2 Å². The van der Waals surface area contributed by atoms with Gasteiger partial charge in [-0.2, -0.15) is 0 Å². The largest absolute Gasteiger partial charge is 0.430 e. The van der Waals surface area contributed by atoms with Crippen LogP contribution in [0, 0.1) is 6.92 Å². The molecule has 1 amide bonds. The Balaban J connectivity index is 1.17. The number of nitrogens with zero attached hydrogens (tertiary/aromatic N) is 3. The first kappa shape index (κ1) is 29.7. The molecule has 1 aliphatic heterocycles. The van der Waals surface area contributed by atoms with Gasteiger partial charge in [-0.15, -0.1) is 5.10 Å². The summed E-state index contributed by atoms with van der Waals surface area (Å²) in [5.74, 6) is 0.840. The molecule has 220 valence electrons. The smallest absolute Gasteiger partial charge is 0.299 e. The maximum absolute atomic E-state index is 13.4. The maximum Gasteiger partial charge on any atom is 0.299 e. The van der Waals surface area contributed by atoms with E-state index in [1.807, 2.05) is 42.2 Å². The fourth-order valence-corrected chi connectivity index (χ4v) is 6.95. The number of amides is 1. The third-order valence-electron chi connectivity index (χ3n) is 7.34. The monoisotopic (exact) mass is 604 g/mol. The number of anilines is 1. The van der Waals surface area contributed by atoms with E-state index in [0.29, 0.717) is 41.0 Å². The van der Waals surface area contributed by atoms with Crippen LogP contribution in [0.2, 0.25) is 0 Å². The van der Waals surface area contributed by atoms with E-state index in [-0.39, 0.29) is 17.1 Å². The van der Waals surface area contributed by atoms with Crippen LogP contribution in [0.25, 0.3) is 0 Å². The van der Waals surface area contributed by atoms with Gasteiger partial charge in [0, 0.05) is 24.1 Å². The summed E-state index contributed by atoms with van der Waals surface area (Å²) < 4.78 is 34.2. The third kappa shape index (κ3) is 7.35. The number of sulfonamides is 1. The summed E-state index contributed by atoms with van der Waals surface area (Å²) in [5, 5.41) is 9.86. The second-order valence-corrected chi connectivity index (χ2v) is 14.4. The van der Waals surface area contributed by atoms with E-state index < -0.39 is 10.0 Å². The van der Waals surface area contributed by atoms with Crippen LogP contribution in [0.4, 0.5) is 5.69 Å². The van der Waals surface area contributed by atoms with Gasteiger partial charge in [-0.3, -0.25) is 9.52 Å². The Morgan fingerprint density at radius 3 is 2.33 bits per heavy atom. The van der Waals surface area contributed by atoms with Crippen LogP contribution in [-0.2, 0) is 21.2 Å². The first-order chi connectivity index (χ1) is 20.0. The molecule has 0 spiro atoms. The Bertz CT molecular complexity index is 1640. The molecule has 42 heavy (non-hydrogen) atoms. The Morgan fingerprint density at radius 2 is 1.69 bits per heavy atom. The summed E-state index contributed by atoms with van der Waals surface area (Å²) >= 11 is 1.46. The predicted octanol–water partition coefficient (Wildman–Crippen LogP) is 6.90. The second kappa shape index (κ2) is 12.2. The molecule has 0 bridgehead atoms. The van der Waals surface area contributed by atoms with Crippen molar-refractivity contribution in [3.05, 3.63) is 100 Å². The molecule has 0 unspecified atom stereocenters. The van der Waals surface area contributed by atoms with Crippen LogP contribution >= 0.6 is 11.3 Å². The molecule has 0 saturated carbocycles. The van der Waals surface area contributed by atoms with Crippen LogP contribution in [0.15, 0.2) is 72.8 Å². The molecule has 2 heterocycles. The Kier molecular flexibility index (Phi) is 8.65. The minimum Gasteiger partial charge on any atom is -0.430 e. The van der Waals surface area contributed by atoms with E-state index in [9.17, 15) is 13.2 Å². The number of aromatic nitrogens is 2. The summed E-state index contributed by atoms with van der Waals surface area (Å²) in [5.41, 5.74) is 3.51. The van der Waals surface area contributed by atoms with Gasteiger partial charge in [0.05, 0.1) is 11.4 Å². The van der Waals surface area contributed by atoms with Crippen LogP contribution in [-0.4, -0.2) is 42.5 Å². The number of hydrogen-bond acceptors (Lipinski definition) is 7. The number of carbonyl (C=O) groups excluding carboxylic acids is 1. The lowest BCUT2D eigenvalue weighted by atomic mass is 9.89. The van der Waals surface area contributed by atoms with Crippen molar-refractivity contribution < 1.29 is 17.9 Å². The molecule has 0 atom stereocenters. The lowest BCUT2D eigenvalue weighted by Gasteiger charge is -2.32.